The Labute approximate surface area is 140 Å². The minimum atomic E-state index is 0.510. The van der Waals surface area contributed by atoms with Crippen molar-refractivity contribution in [2.24, 2.45) is 0 Å². The zero-order valence-corrected chi connectivity index (χ0v) is 15.0. The van der Waals surface area contributed by atoms with Crippen molar-refractivity contribution in [1.29, 1.82) is 0 Å². The van der Waals surface area contributed by atoms with E-state index in [0.717, 1.165) is 13.0 Å². The Hall–Kier alpha value is -1.63. The fourth-order valence-corrected chi connectivity index (χ4v) is 3.35. The van der Waals surface area contributed by atoms with E-state index < -0.39 is 0 Å². The monoisotopic (exact) mass is 352 g/mol. The maximum absolute atomic E-state index is 4.20. The molecule has 112 valence electrons. The van der Waals surface area contributed by atoms with Gasteiger partial charge in [0.15, 0.2) is 0 Å². The van der Waals surface area contributed by atoms with Crippen molar-refractivity contribution < 1.29 is 0 Å². The number of fused-ring (bicyclic) bond motifs is 1. The van der Waals surface area contributed by atoms with Crippen LogP contribution in [0, 0.1) is 0 Å². The van der Waals surface area contributed by atoms with Crippen LogP contribution in [0.15, 0.2) is 67.0 Å². The van der Waals surface area contributed by atoms with Gasteiger partial charge in [-0.3, -0.25) is 0 Å². The first-order chi connectivity index (χ1) is 10.8. The summed E-state index contributed by atoms with van der Waals surface area (Å²) >= 11 is 1.77. The quantitative estimate of drug-likeness (QED) is 0.690. The number of hydrogen-bond donors (Lipinski definition) is 1. The third-order valence-electron chi connectivity index (χ3n) is 3.90. The predicted molar refractivity (Wildman–Crippen MR) is 95.9 cm³/mol. The van der Waals surface area contributed by atoms with Crippen molar-refractivity contribution in [3.05, 3.63) is 78.1 Å². The maximum atomic E-state index is 4.20. The second kappa shape index (κ2) is 7.58. The van der Waals surface area contributed by atoms with E-state index in [-0.39, 0.29) is 0 Å². The van der Waals surface area contributed by atoms with Crippen LogP contribution in [0.25, 0.3) is 10.8 Å². The molecule has 0 fully saturated rings. The van der Waals surface area contributed by atoms with Gasteiger partial charge in [-0.15, -0.1) is 0 Å². The number of rotatable bonds is 6. The summed E-state index contributed by atoms with van der Waals surface area (Å²) in [4.78, 5) is 4.20. The molecule has 2 unspecified atom stereocenters. The van der Waals surface area contributed by atoms with Gasteiger partial charge >= 0.3 is 140 Å². The van der Waals surface area contributed by atoms with Gasteiger partial charge in [-0.1, -0.05) is 0 Å². The summed E-state index contributed by atoms with van der Waals surface area (Å²) in [5.41, 5.74) is 2.65. The molecule has 1 N–H and O–H groups in total. The van der Waals surface area contributed by atoms with Crippen LogP contribution in [-0.2, 0) is 13.0 Å². The third kappa shape index (κ3) is 3.97. The van der Waals surface area contributed by atoms with Gasteiger partial charge in [0.25, 0.3) is 0 Å². The zero-order chi connectivity index (χ0) is 15.2. The summed E-state index contributed by atoms with van der Waals surface area (Å²) in [5.74, 6) is 0. The Bertz CT molecular complexity index is 728. The van der Waals surface area contributed by atoms with E-state index in [4.69, 9.17) is 0 Å². The fraction of sp³-hybridized carbons (Fsp3) is 0.211. The van der Waals surface area contributed by atoms with E-state index >= 15 is 0 Å². The van der Waals surface area contributed by atoms with Gasteiger partial charge in [0, 0.05) is 0 Å². The Morgan fingerprint density at radius 3 is 2.59 bits per heavy atom. The van der Waals surface area contributed by atoms with E-state index in [9.17, 15) is 0 Å². The summed E-state index contributed by atoms with van der Waals surface area (Å²) in [6.45, 7) is 0.916. The van der Waals surface area contributed by atoms with Crippen LogP contribution in [0.3, 0.4) is 0 Å². The first-order valence-electron chi connectivity index (χ1n) is 7.65. The topological polar surface area (TPSA) is 24.9 Å². The molecular weight excluding hydrogens is 331 g/mol. The normalized spacial score (nSPS) is 12.4. The molecule has 2 nitrogen and oxygen atoms in total. The molecule has 0 spiro atoms. The van der Waals surface area contributed by atoms with Crippen LogP contribution in [-0.4, -0.2) is 27.9 Å². The molecule has 1 aromatic heterocycles. The molecule has 0 aliphatic carbocycles. The number of aromatic nitrogens is 1. The SMILES string of the molecule is [AsH2]CC(Cc1cccnc1)NCc1ccc2ccccc2c1. The van der Waals surface area contributed by atoms with Crippen LogP contribution < -0.4 is 5.32 Å². The van der Waals surface area contributed by atoms with Gasteiger partial charge < -0.3 is 0 Å². The zero-order valence-electron chi connectivity index (χ0n) is 12.6. The van der Waals surface area contributed by atoms with Gasteiger partial charge in [-0.05, 0) is 0 Å². The Balaban J connectivity index is 1.64. The van der Waals surface area contributed by atoms with Crippen molar-refractivity contribution in [3.8, 4) is 0 Å². The van der Waals surface area contributed by atoms with Crippen LogP contribution in [0.2, 0.25) is 5.21 Å². The van der Waals surface area contributed by atoms with E-state index in [0.29, 0.717) is 6.04 Å². The molecule has 0 amide bonds. The summed E-state index contributed by atoms with van der Waals surface area (Å²) in [6, 6.07) is 19.9. The summed E-state index contributed by atoms with van der Waals surface area (Å²) in [7, 11) is 0. The minimum absolute atomic E-state index is 0.510. The standard InChI is InChI=1S/C19H21AsN2/c20-12-19(11-15-4-3-9-21-13-15)22-14-16-7-8-17-5-1-2-6-18(17)10-16/h1-10,13,19,22H,11-12,14,20H2. The first-order valence-corrected chi connectivity index (χ1v) is 9.36. The van der Waals surface area contributed by atoms with Crippen molar-refractivity contribution >= 4 is 27.6 Å². The molecule has 3 heteroatoms. The van der Waals surface area contributed by atoms with E-state index in [1.807, 2.05) is 18.5 Å². The molecule has 0 saturated heterocycles. The first kappa shape index (κ1) is 15.3. The average molecular weight is 352 g/mol. The van der Waals surface area contributed by atoms with Crippen LogP contribution in [0.1, 0.15) is 11.1 Å². The Kier molecular flexibility index (Phi) is 5.26. The number of pyridine rings is 1. The molecule has 0 saturated carbocycles. The molecule has 0 aliphatic heterocycles. The third-order valence-corrected chi connectivity index (χ3v) is 5.09. The van der Waals surface area contributed by atoms with Gasteiger partial charge in [0.1, 0.15) is 0 Å². The van der Waals surface area contributed by atoms with Crippen LogP contribution in [0.4, 0.5) is 0 Å². The van der Waals surface area contributed by atoms with Crippen molar-refractivity contribution in [1.82, 2.24) is 10.3 Å². The summed E-state index contributed by atoms with van der Waals surface area (Å²) in [6.07, 6.45) is 4.84. The molecule has 2 atom stereocenters. The van der Waals surface area contributed by atoms with E-state index in [2.05, 4.69) is 58.8 Å². The summed E-state index contributed by atoms with van der Waals surface area (Å²) in [5, 5.41) is 7.48. The Morgan fingerprint density at radius 2 is 1.82 bits per heavy atom. The molecule has 3 aromatic rings. The second-order valence-electron chi connectivity index (χ2n) is 5.56. The predicted octanol–water partition coefficient (Wildman–Crippen LogP) is 2.99. The number of benzene rings is 2. The molecular formula is C19H21AsN2. The van der Waals surface area contributed by atoms with Gasteiger partial charge in [-0.25, -0.2) is 0 Å². The molecule has 0 radical (unpaired) electrons. The number of hydrogen-bond acceptors (Lipinski definition) is 2. The van der Waals surface area contributed by atoms with Crippen molar-refractivity contribution in [2.75, 3.05) is 0 Å². The molecule has 3 rings (SSSR count). The number of nitrogens with one attached hydrogen (secondary N) is 1. The molecule has 2 aromatic carbocycles. The van der Waals surface area contributed by atoms with Crippen LogP contribution in [0.5, 0.6) is 0 Å². The Morgan fingerprint density at radius 1 is 0.955 bits per heavy atom. The number of nitrogens with zero attached hydrogens (tertiary/aromatic N) is 1. The van der Waals surface area contributed by atoms with E-state index in [1.165, 1.54) is 27.1 Å². The fourth-order valence-electron chi connectivity index (χ4n) is 2.65. The van der Waals surface area contributed by atoms with E-state index in [1.54, 1.807) is 16.9 Å². The van der Waals surface area contributed by atoms with Gasteiger partial charge in [-0.2, -0.15) is 0 Å². The summed E-state index contributed by atoms with van der Waals surface area (Å²) < 4.78 is 0. The van der Waals surface area contributed by atoms with Crippen LogP contribution >= 0.6 is 0 Å². The van der Waals surface area contributed by atoms with Crippen molar-refractivity contribution in [2.45, 2.75) is 24.2 Å². The average Bonchev–Trinajstić information content (AvgIpc) is 2.59. The van der Waals surface area contributed by atoms with Gasteiger partial charge in [0.2, 0.25) is 0 Å². The van der Waals surface area contributed by atoms with Crippen molar-refractivity contribution in [3.63, 3.8) is 0 Å². The molecule has 0 bridgehead atoms. The molecule has 22 heavy (non-hydrogen) atoms. The molecule has 0 aliphatic rings. The molecule has 1 heterocycles. The second-order valence-corrected chi connectivity index (χ2v) is 6.55. The van der Waals surface area contributed by atoms with Gasteiger partial charge in [0.05, 0.1) is 0 Å².